The van der Waals surface area contributed by atoms with E-state index in [0.717, 1.165) is 5.57 Å². The highest BCUT2D eigenvalue weighted by molar-refractivity contribution is 6.08. The molecule has 1 aromatic carbocycles. The van der Waals surface area contributed by atoms with Gasteiger partial charge in [0.25, 0.3) is 5.91 Å². The van der Waals surface area contributed by atoms with Gasteiger partial charge in [-0.25, -0.2) is 4.98 Å². The number of carbonyl (C=O) groups is 1. The number of amides is 1. The molecule has 3 aromatic rings. The van der Waals surface area contributed by atoms with Crippen LogP contribution < -0.4 is 10.1 Å². The Morgan fingerprint density at radius 3 is 2.89 bits per heavy atom. The number of nitrogens with zero attached hydrogens (tertiary/aromatic N) is 3. The summed E-state index contributed by atoms with van der Waals surface area (Å²) in [6.45, 7) is 5.91. The van der Waals surface area contributed by atoms with Crippen LogP contribution in [0, 0.1) is 0 Å². The fraction of sp³-hybridized carbons (Fsp3) is 0.143. The van der Waals surface area contributed by atoms with Crippen LogP contribution in [-0.2, 0) is 0 Å². The smallest absolute Gasteiger partial charge is 0.274 e. The van der Waals surface area contributed by atoms with Crippen LogP contribution in [0.2, 0.25) is 0 Å². The van der Waals surface area contributed by atoms with Crippen LogP contribution in [0.3, 0.4) is 0 Å². The summed E-state index contributed by atoms with van der Waals surface area (Å²) in [6, 6.07) is 8.49. The van der Waals surface area contributed by atoms with Gasteiger partial charge in [-0.3, -0.25) is 14.8 Å². The molecule has 1 amide bonds. The first-order valence-corrected chi connectivity index (χ1v) is 8.70. The van der Waals surface area contributed by atoms with Gasteiger partial charge in [0.05, 0.1) is 13.2 Å². The number of carbonyl (C=O) groups excluding carboxylic acids is 1. The largest absolute Gasteiger partial charge is 0.497 e. The predicted octanol–water partition coefficient (Wildman–Crippen LogP) is 3.79. The number of oxazole rings is 1. The molecule has 0 fully saturated rings. The quantitative estimate of drug-likeness (QED) is 0.750. The molecule has 0 saturated carbocycles. The number of methoxy groups -OCH3 is 1. The molecule has 3 heterocycles. The van der Waals surface area contributed by atoms with Crippen molar-refractivity contribution in [2.45, 2.75) is 13.0 Å². The Balaban J connectivity index is 1.58. The van der Waals surface area contributed by atoms with Crippen LogP contribution in [0.15, 0.2) is 70.2 Å². The molecule has 4 rings (SSSR count). The van der Waals surface area contributed by atoms with Crippen molar-refractivity contribution in [1.29, 1.82) is 0 Å². The van der Waals surface area contributed by atoms with E-state index in [1.165, 1.54) is 13.3 Å². The second kappa shape index (κ2) is 7.11. The number of anilines is 1. The number of allylic oxidation sites excluding steroid dienone is 1. The number of rotatable bonds is 4. The van der Waals surface area contributed by atoms with Gasteiger partial charge in [-0.05, 0) is 42.8 Å². The van der Waals surface area contributed by atoms with Gasteiger partial charge >= 0.3 is 0 Å². The summed E-state index contributed by atoms with van der Waals surface area (Å²) in [5.74, 6) is 0.660. The highest BCUT2D eigenvalue weighted by Gasteiger charge is 2.16. The van der Waals surface area contributed by atoms with Gasteiger partial charge in [-0.1, -0.05) is 12.7 Å². The van der Waals surface area contributed by atoms with Gasteiger partial charge in [-0.15, -0.1) is 0 Å². The highest BCUT2D eigenvalue weighted by atomic mass is 16.5. The summed E-state index contributed by atoms with van der Waals surface area (Å²) in [4.78, 5) is 25.5. The normalized spacial score (nSPS) is 16.1. The molecule has 0 bridgehead atoms. The van der Waals surface area contributed by atoms with Crippen molar-refractivity contribution in [2.24, 2.45) is 4.99 Å². The Morgan fingerprint density at radius 1 is 1.25 bits per heavy atom. The van der Waals surface area contributed by atoms with Crippen molar-refractivity contribution < 1.29 is 13.9 Å². The topological polar surface area (TPSA) is 89.6 Å². The van der Waals surface area contributed by atoms with Crippen LogP contribution in [-0.4, -0.2) is 34.7 Å². The molecular formula is C21H18N4O3. The minimum Gasteiger partial charge on any atom is -0.497 e. The van der Waals surface area contributed by atoms with E-state index in [-0.39, 0.29) is 17.6 Å². The van der Waals surface area contributed by atoms with Crippen LogP contribution in [0.25, 0.3) is 11.1 Å². The molecule has 140 valence electrons. The summed E-state index contributed by atoms with van der Waals surface area (Å²) in [7, 11) is 1.54. The summed E-state index contributed by atoms with van der Waals surface area (Å²) in [5.41, 5.74) is 3.69. The Morgan fingerprint density at radius 2 is 2.11 bits per heavy atom. The summed E-state index contributed by atoms with van der Waals surface area (Å²) >= 11 is 0. The zero-order chi connectivity index (χ0) is 19.7. The molecule has 1 aliphatic rings. The Kier molecular flexibility index (Phi) is 4.49. The monoisotopic (exact) mass is 374 g/mol. The van der Waals surface area contributed by atoms with Crippen molar-refractivity contribution in [3.05, 3.63) is 72.4 Å². The van der Waals surface area contributed by atoms with Crippen LogP contribution in [0.1, 0.15) is 23.3 Å². The Bertz CT molecular complexity index is 1140. The van der Waals surface area contributed by atoms with Gasteiger partial charge in [0.2, 0.25) is 5.89 Å². The lowest BCUT2D eigenvalue weighted by molar-refractivity contribution is 0.102. The first-order valence-electron chi connectivity index (χ1n) is 8.70. The number of nitrogens with one attached hydrogen (secondary N) is 1. The van der Waals surface area contributed by atoms with E-state index in [1.54, 1.807) is 30.3 Å². The fourth-order valence-electron chi connectivity index (χ4n) is 2.76. The third kappa shape index (κ3) is 3.42. The van der Waals surface area contributed by atoms with Gasteiger partial charge in [0.15, 0.2) is 5.58 Å². The number of ether oxygens (including phenoxy) is 1. The molecule has 7 nitrogen and oxygen atoms in total. The number of hydrogen-bond acceptors (Lipinski definition) is 6. The molecule has 0 saturated heterocycles. The maximum atomic E-state index is 12.4. The van der Waals surface area contributed by atoms with Crippen molar-refractivity contribution >= 4 is 28.4 Å². The second-order valence-electron chi connectivity index (χ2n) is 6.34. The standard InChI is InChI=1S/C21H18N4O3/c1-12-4-6-16(23-13(12)2)21-25-17-10-14(5-7-19(17)28-21)24-20(26)18-11-15(27-3)8-9-22-18/h4-11,13H,1H2,2-3H3,(H,24,26). The van der Waals surface area contributed by atoms with Crippen LogP contribution in [0.5, 0.6) is 5.75 Å². The van der Waals surface area contributed by atoms with Crippen LogP contribution >= 0.6 is 0 Å². The van der Waals surface area contributed by atoms with Crippen molar-refractivity contribution in [3.8, 4) is 5.75 Å². The van der Waals surface area contributed by atoms with E-state index in [2.05, 4.69) is 26.9 Å². The average Bonchev–Trinajstić information content (AvgIpc) is 3.13. The van der Waals surface area contributed by atoms with Crippen molar-refractivity contribution in [1.82, 2.24) is 9.97 Å². The van der Waals surface area contributed by atoms with Gasteiger partial charge in [0, 0.05) is 18.0 Å². The molecule has 0 spiro atoms. The molecule has 1 unspecified atom stereocenters. The molecular weight excluding hydrogens is 356 g/mol. The summed E-state index contributed by atoms with van der Waals surface area (Å²) in [6.07, 6.45) is 5.27. The Labute approximate surface area is 161 Å². The number of hydrogen-bond donors (Lipinski definition) is 1. The maximum absolute atomic E-state index is 12.4. The minimum absolute atomic E-state index is 0.0137. The fourth-order valence-corrected chi connectivity index (χ4v) is 2.76. The second-order valence-corrected chi connectivity index (χ2v) is 6.34. The molecule has 1 aliphatic heterocycles. The molecule has 7 heteroatoms. The van der Waals surface area contributed by atoms with Crippen molar-refractivity contribution in [3.63, 3.8) is 0 Å². The number of aliphatic imine (C=N–C) groups is 1. The molecule has 28 heavy (non-hydrogen) atoms. The van der Waals surface area contributed by atoms with Gasteiger partial charge in [0.1, 0.15) is 22.7 Å². The van der Waals surface area contributed by atoms with E-state index in [1.807, 2.05) is 19.1 Å². The molecule has 2 aromatic heterocycles. The van der Waals surface area contributed by atoms with E-state index in [9.17, 15) is 4.79 Å². The van der Waals surface area contributed by atoms with E-state index < -0.39 is 0 Å². The zero-order valence-electron chi connectivity index (χ0n) is 15.5. The van der Waals surface area contributed by atoms with Crippen LogP contribution in [0.4, 0.5) is 5.69 Å². The summed E-state index contributed by atoms with van der Waals surface area (Å²) < 4.78 is 10.9. The lowest BCUT2D eigenvalue weighted by atomic mass is 10.1. The first-order chi connectivity index (χ1) is 13.5. The Hall–Kier alpha value is -3.74. The number of pyridine rings is 1. The third-order valence-corrected chi connectivity index (χ3v) is 4.39. The third-order valence-electron chi connectivity index (χ3n) is 4.39. The number of benzene rings is 1. The average molecular weight is 374 g/mol. The lowest BCUT2D eigenvalue weighted by Gasteiger charge is -2.11. The zero-order valence-corrected chi connectivity index (χ0v) is 15.5. The summed E-state index contributed by atoms with van der Waals surface area (Å²) in [5, 5.41) is 2.81. The van der Waals surface area contributed by atoms with E-state index in [0.29, 0.717) is 34.1 Å². The number of aromatic nitrogens is 2. The predicted molar refractivity (Wildman–Crippen MR) is 107 cm³/mol. The van der Waals surface area contributed by atoms with Gasteiger partial charge in [-0.2, -0.15) is 0 Å². The molecule has 0 aliphatic carbocycles. The number of fused-ring (bicyclic) bond motifs is 1. The van der Waals surface area contributed by atoms with Crippen molar-refractivity contribution in [2.75, 3.05) is 12.4 Å². The minimum atomic E-state index is -0.339. The molecule has 1 atom stereocenters. The van der Waals surface area contributed by atoms with E-state index in [4.69, 9.17) is 9.15 Å². The van der Waals surface area contributed by atoms with E-state index >= 15 is 0 Å². The highest BCUT2D eigenvalue weighted by Crippen LogP contribution is 2.23. The molecule has 1 N–H and O–H groups in total. The molecule has 0 radical (unpaired) electrons. The van der Waals surface area contributed by atoms with Gasteiger partial charge < -0.3 is 14.5 Å². The maximum Gasteiger partial charge on any atom is 0.274 e. The first kappa shape index (κ1) is 17.7. The SMILES string of the molecule is C=C1C=CC(c2nc3cc(NC(=O)c4cc(OC)ccn4)ccc3o2)=NC1C. The number of dihydropyridines is 1. The lowest BCUT2D eigenvalue weighted by Crippen LogP contribution is -2.13.